The molecule has 0 atom stereocenters. The number of nitrogens with zero attached hydrogens (tertiary/aromatic N) is 1. The normalized spacial score (nSPS) is 10.0. The van der Waals surface area contributed by atoms with Gasteiger partial charge in [0.05, 0.1) is 6.54 Å². The second-order valence-corrected chi connectivity index (χ2v) is 4.20. The van der Waals surface area contributed by atoms with E-state index in [0.29, 0.717) is 12.1 Å². The van der Waals surface area contributed by atoms with Gasteiger partial charge in [-0.15, -0.1) is 11.3 Å². The summed E-state index contributed by atoms with van der Waals surface area (Å²) >= 11 is 1.59. The van der Waals surface area contributed by atoms with Crippen molar-refractivity contribution < 1.29 is 4.79 Å². The molecule has 0 aliphatic heterocycles. The fourth-order valence-corrected chi connectivity index (χ4v) is 1.86. The predicted octanol–water partition coefficient (Wildman–Crippen LogP) is 1.85. The van der Waals surface area contributed by atoms with Crippen molar-refractivity contribution in [1.29, 1.82) is 0 Å². The molecule has 0 radical (unpaired) electrons. The molecule has 0 bridgehead atoms. The van der Waals surface area contributed by atoms with Crippen LogP contribution in [0.3, 0.4) is 0 Å². The van der Waals surface area contributed by atoms with Crippen LogP contribution in [-0.4, -0.2) is 10.9 Å². The second-order valence-electron chi connectivity index (χ2n) is 3.22. The number of hydrogen-bond donors (Lipinski definition) is 2. The van der Waals surface area contributed by atoms with Gasteiger partial charge in [0.25, 0.3) is 0 Å². The number of anilines is 1. The largest absolute Gasteiger partial charge is 0.379 e. The summed E-state index contributed by atoms with van der Waals surface area (Å²) in [5.74, 6) is -0.419. The average molecular weight is 233 g/mol. The minimum absolute atomic E-state index is 0.419. The summed E-state index contributed by atoms with van der Waals surface area (Å²) in [4.78, 5) is 15.1. The van der Waals surface area contributed by atoms with E-state index < -0.39 is 5.91 Å². The topological polar surface area (TPSA) is 68.0 Å². The van der Waals surface area contributed by atoms with Crippen LogP contribution in [0.5, 0.6) is 0 Å². The maximum absolute atomic E-state index is 11.0. The van der Waals surface area contributed by atoms with Crippen LogP contribution < -0.4 is 11.1 Å². The first kappa shape index (κ1) is 10.6. The van der Waals surface area contributed by atoms with Crippen LogP contribution in [0.2, 0.25) is 0 Å². The van der Waals surface area contributed by atoms with Gasteiger partial charge in [-0.1, -0.05) is 6.07 Å². The van der Waals surface area contributed by atoms with Gasteiger partial charge < -0.3 is 11.1 Å². The van der Waals surface area contributed by atoms with Gasteiger partial charge in [-0.05, 0) is 18.2 Å². The van der Waals surface area contributed by atoms with Crippen LogP contribution in [0.25, 0.3) is 0 Å². The van der Waals surface area contributed by atoms with Crippen molar-refractivity contribution in [2.45, 2.75) is 6.54 Å². The maximum atomic E-state index is 11.0. The Kier molecular flexibility index (Phi) is 3.16. The molecule has 0 saturated heterocycles. The third-order valence-corrected chi connectivity index (χ3v) is 2.85. The summed E-state index contributed by atoms with van der Waals surface area (Å²) < 4.78 is 0. The van der Waals surface area contributed by atoms with E-state index in [-0.39, 0.29) is 0 Å². The van der Waals surface area contributed by atoms with Gasteiger partial charge >= 0.3 is 0 Å². The molecule has 0 fully saturated rings. The minimum atomic E-state index is -0.419. The van der Waals surface area contributed by atoms with Crippen LogP contribution >= 0.6 is 11.3 Å². The van der Waals surface area contributed by atoms with Crippen LogP contribution in [0.1, 0.15) is 15.4 Å². The van der Waals surface area contributed by atoms with Crippen molar-refractivity contribution in [2.75, 3.05) is 5.32 Å². The predicted molar refractivity (Wildman–Crippen MR) is 64.4 cm³/mol. The number of carbonyl (C=O) groups is 1. The minimum Gasteiger partial charge on any atom is -0.379 e. The lowest BCUT2D eigenvalue weighted by molar-refractivity contribution is 0.100. The van der Waals surface area contributed by atoms with Crippen molar-refractivity contribution in [1.82, 2.24) is 4.98 Å². The van der Waals surface area contributed by atoms with E-state index in [1.54, 1.807) is 35.7 Å². The molecule has 0 aliphatic rings. The Morgan fingerprint density at radius 2 is 2.38 bits per heavy atom. The van der Waals surface area contributed by atoms with Gasteiger partial charge in [0, 0.05) is 22.8 Å². The smallest absolute Gasteiger partial charge is 0.248 e. The molecule has 4 nitrogen and oxygen atoms in total. The van der Waals surface area contributed by atoms with E-state index in [9.17, 15) is 4.79 Å². The first-order chi connectivity index (χ1) is 7.75. The van der Waals surface area contributed by atoms with Crippen molar-refractivity contribution in [2.24, 2.45) is 5.73 Å². The Hall–Kier alpha value is -1.88. The zero-order valence-electron chi connectivity index (χ0n) is 8.51. The molecule has 3 N–H and O–H groups in total. The second kappa shape index (κ2) is 4.76. The third kappa shape index (κ3) is 2.58. The standard InChI is InChI=1S/C11H11N3OS/c12-11(15)8-2-1-3-9(6-8)14-7-10-13-4-5-16-10/h1-6,14H,7H2,(H2,12,15). The highest BCUT2D eigenvalue weighted by molar-refractivity contribution is 7.09. The summed E-state index contributed by atoms with van der Waals surface area (Å²) in [6, 6.07) is 7.11. The first-order valence-corrected chi connectivity index (χ1v) is 5.66. The number of aromatic nitrogens is 1. The highest BCUT2D eigenvalue weighted by atomic mass is 32.1. The number of hydrogen-bond acceptors (Lipinski definition) is 4. The number of thiazole rings is 1. The zero-order chi connectivity index (χ0) is 11.4. The van der Waals surface area contributed by atoms with Crippen LogP contribution in [0, 0.1) is 0 Å². The van der Waals surface area contributed by atoms with E-state index >= 15 is 0 Å². The number of amides is 1. The number of nitrogens with one attached hydrogen (secondary N) is 1. The third-order valence-electron chi connectivity index (χ3n) is 2.07. The molecule has 0 unspecified atom stereocenters. The molecular weight excluding hydrogens is 222 g/mol. The van der Waals surface area contributed by atoms with Gasteiger partial charge in [-0.2, -0.15) is 0 Å². The lowest BCUT2D eigenvalue weighted by atomic mass is 10.2. The molecule has 1 amide bonds. The van der Waals surface area contributed by atoms with Crippen molar-refractivity contribution in [3.05, 3.63) is 46.4 Å². The maximum Gasteiger partial charge on any atom is 0.248 e. The average Bonchev–Trinajstić information content (AvgIpc) is 2.79. The molecule has 0 aliphatic carbocycles. The highest BCUT2D eigenvalue weighted by Gasteiger charge is 2.01. The fraction of sp³-hybridized carbons (Fsp3) is 0.0909. The molecule has 2 rings (SSSR count). The number of benzene rings is 1. The SMILES string of the molecule is NC(=O)c1cccc(NCc2nccs2)c1. The summed E-state index contributed by atoms with van der Waals surface area (Å²) in [5.41, 5.74) is 6.57. The Bertz CT molecular complexity index is 482. The highest BCUT2D eigenvalue weighted by Crippen LogP contribution is 2.12. The van der Waals surface area contributed by atoms with E-state index in [2.05, 4.69) is 10.3 Å². The molecule has 0 saturated carbocycles. The summed E-state index contributed by atoms with van der Waals surface area (Å²) in [6.07, 6.45) is 1.77. The van der Waals surface area contributed by atoms with Crippen molar-refractivity contribution in [3.63, 3.8) is 0 Å². The van der Waals surface area contributed by atoms with Crippen LogP contribution in [0.4, 0.5) is 5.69 Å². The zero-order valence-corrected chi connectivity index (χ0v) is 9.33. The summed E-state index contributed by atoms with van der Waals surface area (Å²) in [5, 5.41) is 6.11. The van der Waals surface area contributed by atoms with E-state index in [4.69, 9.17) is 5.73 Å². The van der Waals surface area contributed by atoms with Crippen molar-refractivity contribution in [3.8, 4) is 0 Å². The molecule has 2 aromatic rings. The fourth-order valence-electron chi connectivity index (χ4n) is 1.30. The lowest BCUT2D eigenvalue weighted by Crippen LogP contribution is -2.11. The van der Waals surface area contributed by atoms with E-state index in [1.807, 2.05) is 11.4 Å². The van der Waals surface area contributed by atoms with Gasteiger partial charge in [-0.3, -0.25) is 4.79 Å². The van der Waals surface area contributed by atoms with Gasteiger partial charge in [0.2, 0.25) is 5.91 Å². The van der Waals surface area contributed by atoms with Gasteiger partial charge in [-0.25, -0.2) is 4.98 Å². The Labute approximate surface area is 97.1 Å². The quantitative estimate of drug-likeness (QED) is 0.846. The van der Waals surface area contributed by atoms with Crippen LogP contribution in [-0.2, 0) is 6.54 Å². The number of nitrogens with two attached hydrogens (primary N) is 1. The number of carbonyl (C=O) groups excluding carboxylic acids is 1. The Morgan fingerprint density at radius 1 is 1.50 bits per heavy atom. The van der Waals surface area contributed by atoms with Gasteiger partial charge in [0.1, 0.15) is 5.01 Å². The Balaban J connectivity index is 2.04. The van der Waals surface area contributed by atoms with Crippen LogP contribution in [0.15, 0.2) is 35.8 Å². The monoisotopic (exact) mass is 233 g/mol. The first-order valence-electron chi connectivity index (χ1n) is 4.78. The number of rotatable bonds is 4. The molecule has 16 heavy (non-hydrogen) atoms. The number of primary amides is 1. The van der Waals surface area contributed by atoms with Crippen molar-refractivity contribution >= 4 is 22.9 Å². The molecule has 1 aromatic heterocycles. The molecule has 1 heterocycles. The van der Waals surface area contributed by atoms with E-state index in [1.165, 1.54) is 0 Å². The summed E-state index contributed by atoms with van der Waals surface area (Å²) in [6.45, 7) is 0.653. The molecular formula is C11H11N3OS. The summed E-state index contributed by atoms with van der Waals surface area (Å²) in [7, 11) is 0. The van der Waals surface area contributed by atoms with E-state index in [0.717, 1.165) is 10.7 Å². The Morgan fingerprint density at radius 3 is 3.06 bits per heavy atom. The molecule has 1 aromatic carbocycles. The lowest BCUT2D eigenvalue weighted by Gasteiger charge is -2.05. The van der Waals surface area contributed by atoms with Gasteiger partial charge in [0.15, 0.2) is 0 Å². The molecule has 0 spiro atoms. The molecule has 5 heteroatoms. The molecule has 82 valence electrons.